The minimum Gasteiger partial charge on any atom is -0.494 e. The third-order valence-corrected chi connectivity index (χ3v) is 5.49. The minimum absolute atomic E-state index is 0.0468. The van der Waals surface area contributed by atoms with E-state index in [1.54, 1.807) is 23.1 Å². The molecule has 1 N–H and O–H groups in total. The van der Waals surface area contributed by atoms with Crippen LogP contribution in [0.25, 0.3) is 0 Å². The Morgan fingerprint density at radius 3 is 2.75 bits per heavy atom. The molecular formula is C21H17FN2O3S. The maximum absolute atomic E-state index is 13.9. The smallest absolute Gasteiger partial charge is 0.268 e. The summed E-state index contributed by atoms with van der Waals surface area (Å²) in [4.78, 5) is 27.6. The van der Waals surface area contributed by atoms with E-state index >= 15 is 0 Å². The molecule has 3 aromatic rings. The highest BCUT2D eigenvalue weighted by Gasteiger charge is 2.26. The van der Waals surface area contributed by atoms with Crippen LogP contribution in [0.15, 0.2) is 53.9 Å². The molecule has 2 heterocycles. The molecule has 7 heteroatoms. The third-order valence-electron chi connectivity index (χ3n) is 4.63. The highest BCUT2D eigenvalue weighted by Crippen LogP contribution is 2.33. The highest BCUT2D eigenvalue weighted by atomic mass is 32.1. The SMILES string of the molecule is COc1ccc(C(=O)Nc2ccc3c(c2)N(C(=O)c2cccs2)CC3)cc1F. The maximum Gasteiger partial charge on any atom is 0.268 e. The van der Waals surface area contributed by atoms with Crippen molar-refractivity contribution in [3.05, 3.63) is 75.7 Å². The van der Waals surface area contributed by atoms with Gasteiger partial charge in [-0.1, -0.05) is 12.1 Å². The lowest BCUT2D eigenvalue weighted by atomic mass is 10.1. The number of rotatable bonds is 4. The van der Waals surface area contributed by atoms with Crippen molar-refractivity contribution >= 4 is 34.5 Å². The highest BCUT2D eigenvalue weighted by molar-refractivity contribution is 7.12. The van der Waals surface area contributed by atoms with Crippen molar-refractivity contribution in [1.29, 1.82) is 0 Å². The second-order valence-electron chi connectivity index (χ2n) is 6.33. The Kier molecular flexibility index (Phi) is 4.83. The number of nitrogens with one attached hydrogen (secondary N) is 1. The molecule has 142 valence electrons. The molecule has 1 aliphatic rings. The molecule has 0 bridgehead atoms. The fourth-order valence-electron chi connectivity index (χ4n) is 3.21. The van der Waals surface area contributed by atoms with Gasteiger partial charge in [0, 0.05) is 23.5 Å². The number of ether oxygens (including phenoxy) is 1. The van der Waals surface area contributed by atoms with Crippen LogP contribution in [0.5, 0.6) is 5.75 Å². The molecule has 0 spiro atoms. The fourth-order valence-corrected chi connectivity index (χ4v) is 3.88. The van der Waals surface area contributed by atoms with Crippen LogP contribution in [-0.2, 0) is 6.42 Å². The summed E-state index contributed by atoms with van der Waals surface area (Å²) in [6.07, 6.45) is 0.768. The first-order chi connectivity index (χ1) is 13.6. The fraction of sp³-hybridized carbons (Fsp3) is 0.143. The molecule has 0 saturated heterocycles. The number of methoxy groups -OCH3 is 1. The number of carbonyl (C=O) groups excluding carboxylic acids is 2. The second-order valence-corrected chi connectivity index (χ2v) is 7.28. The van der Waals surface area contributed by atoms with Crippen molar-refractivity contribution < 1.29 is 18.7 Å². The van der Waals surface area contributed by atoms with Gasteiger partial charge in [0.25, 0.3) is 11.8 Å². The molecule has 4 rings (SSSR count). The third kappa shape index (κ3) is 3.36. The number of halogens is 1. The molecular weight excluding hydrogens is 379 g/mol. The number of carbonyl (C=O) groups is 2. The summed E-state index contributed by atoms with van der Waals surface area (Å²) in [6, 6.07) is 13.2. The van der Waals surface area contributed by atoms with E-state index in [-0.39, 0.29) is 17.2 Å². The first-order valence-corrected chi connectivity index (χ1v) is 9.58. The summed E-state index contributed by atoms with van der Waals surface area (Å²) in [6.45, 7) is 0.604. The zero-order valence-electron chi connectivity index (χ0n) is 15.1. The van der Waals surface area contributed by atoms with Crippen LogP contribution in [0.2, 0.25) is 0 Å². The number of hydrogen-bond donors (Lipinski definition) is 1. The van der Waals surface area contributed by atoms with E-state index in [0.29, 0.717) is 17.1 Å². The molecule has 0 radical (unpaired) electrons. The zero-order chi connectivity index (χ0) is 19.7. The van der Waals surface area contributed by atoms with Crippen LogP contribution < -0.4 is 15.0 Å². The summed E-state index contributed by atoms with van der Waals surface area (Å²) in [7, 11) is 1.37. The van der Waals surface area contributed by atoms with E-state index in [2.05, 4.69) is 5.32 Å². The van der Waals surface area contributed by atoms with E-state index in [1.165, 1.54) is 30.6 Å². The van der Waals surface area contributed by atoms with Crippen LogP contribution in [-0.4, -0.2) is 25.5 Å². The number of amides is 2. The van der Waals surface area contributed by atoms with Crippen molar-refractivity contribution in [1.82, 2.24) is 0 Å². The summed E-state index contributed by atoms with van der Waals surface area (Å²) in [5.74, 6) is -1.00. The zero-order valence-corrected chi connectivity index (χ0v) is 15.9. The van der Waals surface area contributed by atoms with Gasteiger partial charge in [-0.3, -0.25) is 9.59 Å². The number of benzene rings is 2. The van der Waals surface area contributed by atoms with Crippen LogP contribution >= 0.6 is 11.3 Å². The van der Waals surface area contributed by atoms with Crippen molar-refractivity contribution in [3.63, 3.8) is 0 Å². The first kappa shape index (κ1) is 18.2. The van der Waals surface area contributed by atoms with Crippen LogP contribution in [0.3, 0.4) is 0 Å². The van der Waals surface area contributed by atoms with E-state index in [0.717, 1.165) is 23.7 Å². The lowest BCUT2D eigenvalue weighted by Crippen LogP contribution is -2.28. The lowest BCUT2D eigenvalue weighted by Gasteiger charge is -2.17. The molecule has 0 unspecified atom stereocenters. The summed E-state index contributed by atoms with van der Waals surface area (Å²) >= 11 is 1.40. The summed E-state index contributed by atoms with van der Waals surface area (Å²) < 4.78 is 18.7. The lowest BCUT2D eigenvalue weighted by molar-refractivity contribution is 0.0991. The minimum atomic E-state index is -0.600. The quantitative estimate of drug-likeness (QED) is 0.713. The van der Waals surface area contributed by atoms with Gasteiger partial charge in [0.15, 0.2) is 11.6 Å². The number of anilines is 2. The largest absolute Gasteiger partial charge is 0.494 e. The van der Waals surface area contributed by atoms with E-state index in [4.69, 9.17) is 4.74 Å². The molecule has 2 aromatic carbocycles. The van der Waals surface area contributed by atoms with Gasteiger partial charge in [0.2, 0.25) is 0 Å². The Labute approximate surface area is 165 Å². The number of thiophene rings is 1. The van der Waals surface area contributed by atoms with E-state index in [1.807, 2.05) is 17.5 Å². The molecule has 5 nitrogen and oxygen atoms in total. The molecule has 0 atom stereocenters. The van der Waals surface area contributed by atoms with E-state index in [9.17, 15) is 14.0 Å². The van der Waals surface area contributed by atoms with Gasteiger partial charge in [0.1, 0.15) is 0 Å². The molecule has 1 aliphatic heterocycles. The molecule has 1 aromatic heterocycles. The Morgan fingerprint density at radius 1 is 1.18 bits per heavy atom. The monoisotopic (exact) mass is 396 g/mol. The van der Waals surface area contributed by atoms with Crippen molar-refractivity contribution in [2.75, 3.05) is 23.9 Å². The average molecular weight is 396 g/mol. The predicted octanol–water partition coefficient (Wildman–Crippen LogP) is 4.35. The van der Waals surface area contributed by atoms with Gasteiger partial charge in [-0.25, -0.2) is 4.39 Å². The summed E-state index contributed by atoms with van der Waals surface area (Å²) in [5, 5.41) is 4.63. The first-order valence-electron chi connectivity index (χ1n) is 8.70. The normalized spacial score (nSPS) is 12.6. The number of hydrogen-bond acceptors (Lipinski definition) is 4. The Bertz CT molecular complexity index is 1050. The van der Waals surface area contributed by atoms with Crippen molar-refractivity contribution in [2.24, 2.45) is 0 Å². The van der Waals surface area contributed by atoms with Gasteiger partial charge < -0.3 is 15.0 Å². The van der Waals surface area contributed by atoms with Crippen LogP contribution in [0.1, 0.15) is 25.6 Å². The Hall–Kier alpha value is -3.19. The van der Waals surface area contributed by atoms with Crippen molar-refractivity contribution in [3.8, 4) is 5.75 Å². The Morgan fingerprint density at radius 2 is 2.04 bits per heavy atom. The average Bonchev–Trinajstić information content (AvgIpc) is 3.37. The second kappa shape index (κ2) is 7.44. The van der Waals surface area contributed by atoms with Crippen LogP contribution in [0.4, 0.5) is 15.8 Å². The van der Waals surface area contributed by atoms with Gasteiger partial charge in [-0.2, -0.15) is 0 Å². The standard InChI is InChI=1S/C21H17FN2O3S/c1-27-18-7-5-14(11-16(18)22)20(25)23-15-6-4-13-8-9-24(17(13)12-15)21(26)19-3-2-10-28-19/h2-7,10-12H,8-9H2,1H3,(H,23,25). The Balaban J connectivity index is 1.56. The summed E-state index contributed by atoms with van der Waals surface area (Å²) in [5.41, 5.74) is 2.58. The van der Waals surface area contributed by atoms with Gasteiger partial charge in [-0.15, -0.1) is 11.3 Å². The van der Waals surface area contributed by atoms with Gasteiger partial charge >= 0.3 is 0 Å². The molecule has 0 saturated carbocycles. The van der Waals surface area contributed by atoms with Crippen LogP contribution in [0, 0.1) is 5.82 Å². The predicted molar refractivity (Wildman–Crippen MR) is 107 cm³/mol. The van der Waals surface area contributed by atoms with Gasteiger partial charge in [-0.05, 0) is 53.8 Å². The molecule has 28 heavy (non-hydrogen) atoms. The van der Waals surface area contributed by atoms with E-state index < -0.39 is 11.7 Å². The maximum atomic E-state index is 13.9. The van der Waals surface area contributed by atoms with Crippen molar-refractivity contribution in [2.45, 2.75) is 6.42 Å². The molecule has 0 aliphatic carbocycles. The number of fused-ring (bicyclic) bond motifs is 1. The molecule has 2 amide bonds. The van der Waals surface area contributed by atoms with Gasteiger partial charge in [0.05, 0.1) is 12.0 Å². The topological polar surface area (TPSA) is 58.6 Å². The number of nitrogens with zero attached hydrogens (tertiary/aromatic N) is 1. The molecule has 0 fully saturated rings.